The average molecular weight is 298 g/mol. The van der Waals surface area contributed by atoms with Crippen molar-refractivity contribution in [3.63, 3.8) is 0 Å². The highest BCUT2D eigenvalue weighted by Crippen LogP contribution is 2.23. The number of hydrogen-bond acceptors (Lipinski definition) is 6. The van der Waals surface area contributed by atoms with Crippen molar-refractivity contribution < 1.29 is 8.42 Å². The highest BCUT2D eigenvalue weighted by molar-refractivity contribution is 7.92. The normalized spacial score (nSPS) is 20.8. The SMILES string of the molecule is CCNc1ncnc(NCC2CCCS2(=O)=O)c1CC. The first-order chi connectivity index (χ1) is 9.58. The van der Waals surface area contributed by atoms with Gasteiger partial charge < -0.3 is 10.6 Å². The quantitative estimate of drug-likeness (QED) is 0.827. The van der Waals surface area contributed by atoms with Gasteiger partial charge in [-0.05, 0) is 26.2 Å². The van der Waals surface area contributed by atoms with Crippen LogP contribution in [0.2, 0.25) is 0 Å². The number of rotatable bonds is 6. The Labute approximate surface area is 120 Å². The fourth-order valence-corrected chi connectivity index (χ4v) is 4.28. The van der Waals surface area contributed by atoms with Crippen molar-refractivity contribution in [2.24, 2.45) is 0 Å². The molecule has 1 aliphatic rings. The van der Waals surface area contributed by atoms with Gasteiger partial charge in [-0.15, -0.1) is 0 Å². The van der Waals surface area contributed by atoms with Gasteiger partial charge in [-0.1, -0.05) is 6.92 Å². The number of nitrogens with zero attached hydrogens (tertiary/aromatic N) is 2. The number of sulfone groups is 1. The first kappa shape index (κ1) is 15.0. The molecule has 2 rings (SSSR count). The molecule has 0 radical (unpaired) electrons. The van der Waals surface area contributed by atoms with Gasteiger partial charge in [0.2, 0.25) is 0 Å². The van der Waals surface area contributed by atoms with Crippen LogP contribution in [0.3, 0.4) is 0 Å². The first-order valence-electron chi connectivity index (χ1n) is 7.11. The Morgan fingerprint density at radius 1 is 1.25 bits per heavy atom. The molecule has 1 fully saturated rings. The molecule has 0 spiro atoms. The molecule has 1 atom stereocenters. The molecule has 2 heterocycles. The van der Waals surface area contributed by atoms with Crippen molar-refractivity contribution in [2.75, 3.05) is 29.5 Å². The molecule has 1 unspecified atom stereocenters. The summed E-state index contributed by atoms with van der Waals surface area (Å²) < 4.78 is 23.6. The van der Waals surface area contributed by atoms with Crippen LogP contribution in [0.5, 0.6) is 0 Å². The fourth-order valence-electron chi connectivity index (χ4n) is 2.52. The van der Waals surface area contributed by atoms with Crippen LogP contribution in [0.4, 0.5) is 11.6 Å². The minimum Gasteiger partial charge on any atom is -0.370 e. The van der Waals surface area contributed by atoms with E-state index in [1.165, 1.54) is 6.33 Å². The maximum atomic E-state index is 11.8. The van der Waals surface area contributed by atoms with Crippen molar-refractivity contribution in [2.45, 2.75) is 38.4 Å². The van der Waals surface area contributed by atoms with E-state index in [0.717, 1.165) is 43.0 Å². The molecule has 0 amide bonds. The van der Waals surface area contributed by atoms with Crippen LogP contribution in [-0.4, -0.2) is 42.5 Å². The number of nitrogens with one attached hydrogen (secondary N) is 2. The Hall–Kier alpha value is -1.37. The lowest BCUT2D eigenvalue weighted by molar-refractivity contribution is 0.591. The second-order valence-electron chi connectivity index (χ2n) is 4.95. The Balaban J connectivity index is 2.11. The van der Waals surface area contributed by atoms with E-state index in [-0.39, 0.29) is 5.25 Å². The molecule has 112 valence electrons. The van der Waals surface area contributed by atoms with E-state index in [0.29, 0.717) is 12.3 Å². The van der Waals surface area contributed by atoms with Crippen LogP contribution in [0.1, 0.15) is 32.3 Å². The molecule has 0 aliphatic carbocycles. The van der Waals surface area contributed by atoms with Crippen LogP contribution < -0.4 is 10.6 Å². The molecule has 20 heavy (non-hydrogen) atoms. The minimum atomic E-state index is -2.92. The summed E-state index contributed by atoms with van der Waals surface area (Å²) in [4.78, 5) is 8.47. The molecular formula is C13H22N4O2S. The van der Waals surface area contributed by atoms with Crippen molar-refractivity contribution in [3.05, 3.63) is 11.9 Å². The molecule has 1 aromatic rings. The van der Waals surface area contributed by atoms with Crippen LogP contribution in [0, 0.1) is 0 Å². The van der Waals surface area contributed by atoms with Gasteiger partial charge in [0.1, 0.15) is 18.0 Å². The van der Waals surface area contributed by atoms with Gasteiger partial charge in [0.15, 0.2) is 9.84 Å². The predicted molar refractivity (Wildman–Crippen MR) is 80.9 cm³/mol. The molecule has 1 aromatic heterocycles. The molecule has 2 N–H and O–H groups in total. The summed E-state index contributed by atoms with van der Waals surface area (Å²) in [5.74, 6) is 1.87. The lowest BCUT2D eigenvalue weighted by atomic mass is 10.2. The molecule has 0 saturated carbocycles. The fraction of sp³-hybridized carbons (Fsp3) is 0.692. The molecular weight excluding hydrogens is 276 g/mol. The first-order valence-corrected chi connectivity index (χ1v) is 8.83. The summed E-state index contributed by atoms with van der Waals surface area (Å²) in [5.41, 5.74) is 1.00. The molecule has 0 aromatic carbocycles. The van der Waals surface area contributed by atoms with E-state index < -0.39 is 9.84 Å². The molecule has 6 nitrogen and oxygen atoms in total. The zero-order valence-corrected chi connectivity index (χ0v) is 12.8. The predicted octanol–water partition coefficient (Wildman–Crippen LogP) is 1.46. The van der Waals surface area contributed by atoms with E-state index in [2.05, 4.69) is 20.6 Å². The second kappa shape index (κ2) is 6.39. The van der Waals surface area contributed by atoms with E-state index in [9.17, 15) is 8.42 Å². The van der Waals surface area contributed by atoms with Gasteiger partial charge in [-0.3, -0.25) is 0 Å². The van der Waals surface area contributed by atoms with Crippen LogP contribution >= 0.6 is 0 Å². The van der Waals surface area contributed by atoms with E-state index in [1.54, 1.807) is 0 Å². The molecule has 0 bridgehead atoms. The molecule has 1 saturated heterocycles. The van der Waals surface area contributed by atoms with E-state index >= 15 is 0 Å². The monoisotopic (exact) mass is 298 g/mol. The Morgan fingerprint density at radius 3 is 2.50 bits per heavy atom. The number of anilines is 2. The third-order valence-electron chi connectivity index (χ3n) is 3.60. The smallest absolute Gasteiger partial charge is 0.154 e. The topological polar surface area (TPSA) is 84.0 Å². The Bertz CT molecular complexity index is 559. The Morgan fingerprint density at radius 2 is 1.95 bits per heavy atom. The zero-order chi connectivity index (χ0) is 14.6. The van der Waals surface area contributed by atoms with Gasteiger partial charge in [0.05, 0.1) is 11.0 Å². The highest BCUT2D eigenvalue weighted by Gasteiger charge is 2.31. The lowest BCUT2D eigenvalue weighted by Crippen LogP contribution is -2.26. The van der Waals surface area contributed by atoms with E-state index in [1.807, 2.05) is 13.8 Å². The van der Waals surface area contributed by atoms with Crippen LogP contribution in [0.25, 0.3) is 0 Å². The Kier molecular flexibility index (Phi) is 4.80. The van der Waals surface area contributed by atoms with Crippen molar-refractivity contribution in [1.82, 2.24) is 9.97 Å². The molecule has 1 aliphatic heterocycles. The van der Waals surface area contributed by atoms with Gasteiger partial charge in [-0.25, -0.2) is 18.4 Å². The lowest BCUT2D eigenvalue weighted by Gasteiger charge is -2.15. The third kappa shape index (κ3) is 3.20. The van der Waals surface area contributed by atoms with Crippen molar-refractivity contribution in [1.29, 1.82) is 0 Å². The number of aromatic nitrogens is 2. The zero-order valence-electron chi connectivity index (χ0n) is 12.0. The number of hydrogen-bond donors (Lipinski definition) is 2. The van der Waals surface area contributed by atoms with Gasteiger partial charge >= 0.3 is 0 Å². The average Bonchev–Trinajstić information content (AvgIpc) is 2.76. The van der Waals surface area contributed by atoms with Gasteiger partial charge in [-0.2, -0.15) is 0 Å². The van der Waals surface area contributed by atoms with E-state index in [4.69, 9.17) is 0 Å². The van der Waals surface area contributed by atoms with Crippen molar-refractivity contribution >= 4 is 21.5 Å². The summed E-state index contributed by atoms with van der Waals surface area (Å²) in [5, 5.41) is 6.11. The largest absolute Gasteiger partial charge is 0.370 e. The van der Waals surface area contributed by atoms with Crippen LogP contribution in [-0.2, 0) is 16.3 Å². The standard InChI is InChI=1S/C13H22N4O2S/c1-3-11-12(14-4-2)16-9-17-13(11)15-8-10-6-5-7-20(10,18)19/h9-10H,3-8H2,1-2H3,(H2,14,15,16,17). The van der Waals surface area contributed by atoms with Gasteiger partial charge in [0, 0.05) is 18.7 Å². The maximum Gasteiger partial charge on any atom is 0.154 e. The summed E-state index contributed by atoms with van der Waals surface area (Å²) in [6, 6.07) is 0. The second-order valence-corrected chi connectivity index (χ2v) is 7.35. The summed E-state index contributed by atoms with van der Waals surface area (Å²) in [6.07, 6.45) is 3.80. The summed E-state index contributed by atoms with van der Waals surface area (Å²) in [7, 11) is -2.92. The molecule has 7 heteroatoms. The van der Waals surface area contributed by atoms with Crippen molar-refractivity contribution in [3.8, 4) is 0 Å². The van der Waals surface area contributed by atoms with Crippen LogP contribution in [0.15, 0.2) is 6.33 Å². The van der Waals surface area contributed by atoms with Gasteiger partial charge in [0.25, 0.3) is 0 Å². The highest BCUT2D eigenvalue weighted by atomic mass is 32.2. The maximum absolute atomic E-state index is 11.8. The third-order valence-corrected chi connectivity index (χ3v) is 5.88. The minimum absolute atomic E-state index is 0.287. The summed E-state index contributed by atoms with van der Waals surface area (Å²) in [6.45, 7) is 5.27. The summed E-state index contributed by atoms with van der Waals surface area (Å²) >= 11 is 0.